The number of halogens is 2. The second kappa shape index (κ2) is 10.6. The smallest absolute Gasteiger partial charge is 0.200 e. The molecular formula is C25H20I2O3+2. The Balaban J connectivity index is 1.60. The molecule has 30 heavy (non-hydrogen) atoms. The van der Waals surface area contributed by atoms with Gasteiger partial charge in [0.1, 0.15) is 0 Å². The third-order valence-electron chi connectivity index (χ3n) is 4.01. The van der Waals surface area contributed by atoms with Crippen LogP contribution in [0.25, 0.3) is 0 Å². The van der Waals surface area contributed by atoms with Crippen LogP contribution in [0.5, 0.6) is 0 Å². The van der Waals surface area contributed by atoms with Gasteiger partial charge in [-0.25, -0.2) is 6.13 Å². The third-order valence-corrected chi connectivity index (χ3v) is 13.0. The van der Waals surface area contributed by atoms with Crippen LogP contribution >= 0.6 is 0 Å². The molecule has 0 aliphatic carbocycles. The number of hydrogen-bond acceptors (Lipinski definition) is 3. The van der Waals surface area contributed by atoms with E-state index in [0.717, 1.165) is 14.3 Å². The maximum Gasteiger partial charge on any atom is 0.598 e. The first kappa shape index (κ1) is 20.9. The Morgan fingerprint density at radius 2 is 0.667 bits per heavy atom. The zero-order valence-electron chi connectivity index (χ0n) is 16.0. The molecule has 150 valence electrons. The molecule has 0 spiro atoms. The Labute approximate surface area is 191 Å². The maximum absolute atomic E-state index is 13.0. The van der Waals surface area contributed by atoms with Crippen LogP contribution in [0.1, 0.15) is 0 Å². The fourth-order valence-corrected chi connectivity index (χ4v) is 10.7. The molecule has 4 rings (SSSR count). The standard InChI is InChI=1S/C25H20I2O3/c28-25(29-26(21-13-5-1-6-14-21)22-15-7-2-8-16-22)30-27(23-17-9-3-10-18-23)24-19-11-4-12-20-24/h1-20H/q+2. The summed E-state index contributed by atoms with van der Waals surface area (Å²) in [5, 5.41) is 0. The second-order valence-corrected chi connectivity index (χ2v) is 14.8. The lowest BCUT2D eigenvalue weighted by Crippen LogP contribution is -3.87. The first-order valence-corrected chi connectivity index (χ1v) is 15.4. The highest BCUT2D eigenvalue weighted by Gasteiger charge is 2.41. The molecule has 3 nitrogen and oxygen atoms in total. The summed E-state index contributed by atoms with van der Waals surface area (Å²) in [4.78, 5) is 13.0. The van der Waals surface area contributed by atoms with E-state index in [1.807, 2.05) is 121 Å². The Bertz CT molecular complexity index is 893. The van der Waals surface area contributed by atoms with E-state index in [-0.39, 0.29) is 0 Å². The van der Waals surface area contributed by atoms with Crippen LogP contribution in [0.2, 0.25) is 0 Å². The van der Waals surface area contributed by atoms with Gasteiger partial charge in [-0.15, -0.1) is 0 Å². The zero-order chi connectivity index (χ0) is 20.6. The molecule has 0 saturated heterocycles. The van der Waals surface area contributed by atoms with Crippen molar-refractivity contribution in [3.63, 3.8) is 0 Å². The van der Waals surface area contributed by atoms with Gasteiger partial charge in [0, 0.05) is 0 Å². The van der Waals surface area contributed by atoms with Crippen LogP contribution in [0.15, 0.2) is 121 Å². The van der Waals surface area contributed by atoms with Crippen LogP contribution in [-0.2, 0) is 6.13 Å². The van der Waals surface area contributed by atoms with Gasteiger partial charge in [0.2, 0.25) is 0 Å². The molecule has 0 heterocycles. The molecule has 2 radical (unpaired) electrons. The van der Waals surface area contributed by atoms with E-state index >= 15 is 0 Å². The van der Waals surface area contributed by atoms with E-state index in [1.54, 1.807) is 0 Å². The zero-order valence-corrected chi connectivity index (χ0v) is 20.3. The lowest BCUT2D eigenvalue weighted by atomic mass is 10.4. The van der Waals surface area contributed by atoms with Gasteiger partial charge >= 0.3 is 46.6 Å². The number of benzene rings is 4. The highest BCUT2D eigenvalue weighted by Crippen LogP contribution is 1.90. The molecule has 0 aliphatic rings. The van der Waals surface area contributed by atoms with E-state index in [1.165, 1.54) is 0 Å². The molecule has 0 unspecified atom stereocenters. The van der Waals surface area contributed by atoms with Gasteiger partial charge in [-0.3, -0.25) is 0 Å². The normalized spacial score (nSPS) is 10.7. The van der Waals surface area contributed by atoms with Crippen molar-refractivity contribution in [3.8, 4) is 0 Å². The summed E-state index contributed by atoms with van der Waals surface area (Å²) in [5.74, 6) is 0. The minimum Gasteiger partial charge on any atom is -0.200 e. The molecule has 0 atom stereocenters. The van der Waals surface area contributed by atoms with Gasteiger partial charge in [-0.1, -0.05) is 72.8 Å². The second-order valence-electron chi connectivity index (χ2n) is 6.08. The Morgan fingerprint density at radius 1 is 0.433 bits per heavy atom. The molecule has 4 aromatic carbocycles. The summed E-state index contributed by atoms with van der Waals surface area (Å²) in [6.45, 7) is 0. The maximum atomic E-state index is 13.0. The fraction of sp³-hybridized carbons (Fsp3) is 0. The Kier molecular flexibility index (Phi) is 7.36. The fourth-order valence-electron chi connectivity index (χ4n) is 2.68. The van der Waals surface area contributed by atoms with E-state index in [2.05, 4.69) is 0 Å². The van der Waals surface area contributed by atoms with Gasteiger partial charge in [0.05, 0.1) is 0 Å². The largest absolute Gasteiger partial charge is 0.598 e. The van der Waals surface area contributed by atoms with Gasteiger partial charge < -0.3 is 0 Å². The molecule has 0 saturated carbocycles. The number of carbonyl (C=O) groups is 1. The Hall–Kier alpha value is -2.39. The summed E-state index contributed by atoms with van der Waals surface area (Å²) in [5.41, 5.74) is 0. The van der Waals surface area contributed by atoms with Crippen LogP contribution in [0.3, 0.4) is 0 Å². The monoisotopic (exact) mass is 622 g/mol. The van der Waals surface area contributed by atoms with E-state index < -0.39 is 46.6 Å². The number of carbonyl (C=O) groups excluding carboxylic acids is 1. The summed E-state index contributed by atoms with van der Waals surface area (Å²) in [6.07, 6.45) is -0.578. The van der Waals surface area contributed by atoms with E-state index in [9.17, 15) is 4.79 Å². The highest BCUT2D eigenvalue weighted by atomic mass is 127. The first-order chi connectivity index (χ1) is 14.8. The molecular weight excluding hydrogens is 602 g/mol. The van der Waals surface area contributed by atoms with Gasteiger partial charge in [0.25, 0.3) is 0 Å². The number of hydrogen-bond donors (Lipinski definition) is 0. The summed E-state index contributed by atoms with van der Waals surface area (Å²) in [7, 11) is 0. The Morgan fingerprint density at radius 3 is 0.900 bits per heavy atom. The van der Waals surface area contributed by atoms with Crippen molar-refractivity contribution in [2.45, 2.75) is 0 Å². The van der Waals surface area contributed by atoms with Crippen molar-refractivity contribution in [2.75, 3.05) is 0 Å². The van der Waals surface area contributed by atoms with Crippen molar-refractivity contribution in [2.24, 2.45) is 0 Å². The van der Waals surface area contributed by atoms with Crippen LogP contribution in [-0.4, -0.2) is 6.16 Å². The van der Waals surface area contributed by atoms with Gasteiger partial charge in [0.15, 0.2) is 14.3 Å². The van der Waals surface area contributed by atoms with Crippen LogP contribution < -0.4 is 40.5 Å². The molecule has 0 aliphatic heterocycles. The molecule has 0 aromatic heterocycles. The van der Waals surface area contributed by atoms with Crippen LogP contribution in [0.4, 0.5) is 4.79 Å². The van der Waals surface area contributed by atoms with E-state index in [4.69, 9.17) is 6.13 Å². The van der Waals surface area contributed by atoms with Gasteiger partial charge in [-0.05, 0) is 48.5 Å². The topological polar surface area (TPSA) is 35.5 Å². The number of rotatable bonds is 6. The minimum absolute atomic E-state index is 0.578. The summed E-state index contributed by atoms with van der Waals surface area (Å²) in [6, 6.07) is 39.9. The lowest BCUT2D eigenvalue weighted by Gasteiger charge is -2.06. The predicted molar refractivity (Wildman–Crippen MR) is 108 cm³/mol. The van der Waals surface area contributed by atoms with Crippen molar-refractivity contribution in [1.82, 2.24) is 0 Å². The van der Waals surface area contributed by atoms with Crippen molar-refractivity contribution in [3.05, 3.63) is 136 Å². The highest BCUT2D eigenvalue weighted by molar-refractivity contribution is 5.57. The van der Waals surface area contributed by atoms with Gasteiger partial charge in [-0.2, -0.15) is 4.79 Å². The van der Waals surface area contributed by atoms with Crippen molar-refractivity contribution < 1.29 is 51.4 Å². The molecule has 5 heteroatoms. The molecule has 0 bridgehead atoms. The van der Waals surface area contributed by atoms with Crippen molar-refractivity contribution in [1.29, 1.82) is 0 Å². The first-order valence-electron chi connectivity index (χ1n) is 9.32. The predicted octanol–water partition coefficient (Wildman–Crippen LogP) is -0.302. The average Bonchev–Trinajstić information content (AvgIpc) is 2.83. The SMILES string of the molecule is O=C(O[I+](c1ccccc1)c1ccccc1)O[I+](c1ccccc1)c1ccccc1. The van der Waals surface area contributed by atoms with E-state index in [0.29, 0.717) is 0 Å². The van der Waals surface area contributed by atoms with Crippen molar-refractivity contribution >= 4 is 6.16 Å². The molecule has 0 amide bonds. The minimum atomic E-state index is -2.42. The molecule has 0 N–H and O–H groups in total. The average molecular weight is 622 g/mol. The quantitative estimate of drug-likeness (QED) is 0.278. The lowest BCUT2D eigenvalue weighted by molar-refractivity contribution is -1.07. The molecule has 4 aromatic rings. The van der Waals surface area contributed by atoms with Crippen LogP contribution in [0, 0.1) is 14.3 Å². The third kappa shape index (κ3) is 5.40. The summed E-state index contributed by atoms with van der Waals surface area (Å²) >= 11 is -4.84. The summed E-state index contributed by atoms with van der Waals surface area (Å²) < 4.78 is 16.3. The molecule has 0 fully saturated rings.